The third-order valence-corrected chi connectivity index (χ3v) is 6.79. The second kappa shape index (κ2) is 7.31. The molecule has 6 nitrogen and oxygen atoms in total. The summed E-state index contributed by atoms with van der Waals surface area (Å²) >= 11 is 13.6. The number of nitrogens with one attached hydrogen (secondary N) is 1. The van der Waals surface area contributed by atoms with E-state index in [1.807, 2.05) is 12.1 Å². The van der Waals surface area contributed by atoms with Crippen LogP contribution in [-0.2, 0) is 9.53 Å². The summed E-state index contributed by atoms with van der Waals surface area (Å²) in [5.41, 5.74) is 7.16. The fraction of sp³-hybridized carbons (Fsp3) is 0.333. The number of halogens is 2. The van der Waals surface area contributed by atoms with Crippen molar-refractivity contribution < 1.29 is 14.3 Å². The summed E-state index contributed by atoms with van der Waals surface area (Å²) in [5.74, 6) is -1.30. The number of amides is 2. The van der Waals surface area contributed by atoms with Crippen molar-refractivity contribution in [1.82, 2.24) is 5.32 Å². The van der Waals surface area contributed by atoms with Crippen LogP contribution in [0.5, 0.6) is 0 Å². The number of carbonyl (C=O) groups excluding carboxylic acids is 2. The normalized spacial score (nSPS) is 22.3. The van der Waals surface area contributed by atoms with Crippen LogP contribution in [-0.4, -0.2) is 44.2 Å². The molecule has 1 fully saturated rings. The standard InChI is InChI=1S/C18H17Cl2N3O3S/c19-11-2-1-9(7-12(11)20)14-10-8-13(23-3-5-26-6-4-23)27-16(10)18(25)22-15(14)17(21)24/h1-2,7-8,14-15H,3-6H2,(H2,21,24)(H,22,25)/t14-,15-/m1/s1. The monoisotopic (exact) mass is 425 g/mol. The van der Waals surface area contributed by atoms with Gasteiger partial charge in [0.1, 0.15) is 6.04 Å². The average Bonchev–Trinajstić information content (AvgIpc) is 3.10. The van der Waals surface area contributed by atoms with E-state index in [9.17, 15) is 9.59 Å². The first kappa shape index (κ1) is 18.6. The Labute approximate surface area is 170 Å². The van der Waals surface area contributed by atoms with Gasteiger partial charge < -0.3 is 20.7 Å². The third-order valence-electron chi connectivity index (χ3n) is 4.84. The zero-order valence-electron chi connectivity index (χ0n) is 14.2. The number of rotatable bonds is 3. The van der Waals surface area contributed by atoms with Crippen molar-refractivity contribution in [1.29, 1.82) is 0 Å². The number of ether oxygens (including phenoxy) is 1. The number of carbonyl (C=O) groups is 2. The van der Waals surface area contributed by atoms with Crippen LogP contribution in [0.15, 0.2) is 24.3 Å². The lowest BCUT2D eigenvalue weighted by Gasteiger charge is -2.30. The van der Waals surface area contributed by atoms with E-state index in [0.717, 1.165) is 29.2 Å². The Hall–Kier alpha value is -1.80. The average molecular weight is 426 g/mol. The molecule has 4 rings (SSSR count). The van der Waals surface area contributed by atoms with Crippen LogP contribution in [0.2, 0.25) is 10.0 Å². The molecule has 0 bridgehead atoms. The highest BCUT2D eigenvalue weighted by molar-refractivity contribution is 7.18. The van der Waals surface area contributed by atoms with Crippen LogP contribution >= 0.6 is 34.5 Å². The number of benzene rings is 1. The molecule has 0 saturated carbocycles. The minimum atomic E-state index is -0.852. The molecule has 0 unspecified atom stereocenters. The molecule has 0 spiro atoms. The van der Waals surface area contributed by atoms with Gasteiger partial charge in [-0.3, -0.25) is 9.59 Å². The van der Waals surface area contributed by atoms with Crippen molar-refractivity contribution in [2.45, 2.75) is 12.0 Å². The zero-order chi connectivity index (χ0) is 19.1. The number of fused-ring (bicyclic) bond motifs is 1. The number of hydrogen-bond donors (Lipinski definition) is 2. The molecule has 142 valence electrons. The lowest BCUT2D eigenvalue weighted by atomic mass is 9.82. The van der Waals surface area contributed by atoms with Crippen molar-refractivity contribution in [3.8, 4) is 0 Å². The molecule has 27 heavy (non-hydrogen) atoms. The molecule has 1 aromatic heterocycles. The number of hydrogen-bond acceptors (Lipinski definition) is 5. The summed E-state index contributed by atoms with van der Waals surface area (Å²) in [6, 6.07) is 6.34. The second-order valence-corrected chi connectivity index (χ2v) is 8.32. The fourth-order valence-electron chi connectivity index (χ4n) is 3.52. The molecule has 3 N–H and O–H groups in total. The van der Waals surface area contributed by atoms with Gasteiger partial charge in [0.2, 0.25) is 5.91 Å². The fourth-order valence-corrected chi connectivity index (χ4v) is 4.99. The van der Waals surface area contributed by atoms with Crippen LogP contribution in [0.3, 0.4) is 0 Å². The summed E-state index contributed by atoms with van der Waals surface area (Å²) in [7, 11) is 0. The molecule has 2 aromatic rings. The van der Waals surface area contributed by atoms with Gasteiger partial charge in [-0.15, -0.1) is 11.3 Å². The highest BCUT2D eigenvalue weighted by Gasteiger charge is 2.40. The Morgan fingerprint density at radius 2 is 1.96 bits per heavy atom. The maximum atomic E-state index is 12.6. The SMILES string of the molecule is NC(=O)[C@@H]1NC(=O)c2sc(N3CCOCC3)cc2[C@H]1c1ccc(Cl)c(Cl)c1. The van der Waals surface area contributed by atoms with E-state index in [4.69, 9.17) is 33.7 Å². The number of nitrogens with zero attached hydrogens (tertiary/aromatic N) is 1. The molecule has 0 aliphatic carbocycles. The lowest BCUT2D eigenvalue weighted by molar-refractivity contribution is -0.120. The van der Waals surface area contributed by atoms with Crippen LogP contribution in [0.4, 0.5) is 5.00 Å². The number of thiophene rings is 1. The molecule has 2 atom stereocenters. The van der Waals surface area contributed by atoms with Gasteiger partial charge >= 0.3 is 0 Å². The van der Waals surface area contributed by atoms with E-state index in [1.54, 1.807) is 12.1 Å². The van der Waals surface area contributed by atoms with Crippen LogP contribution in [0, 0.1) is 0 Å². The largest absolute Gasteiger partial charge is 0.378 e. The van der Waals surface area contributed by atoms with Crippen molar-refractivity contribution >= 4 is 51.4 Å². The second-order valence-electron chi connectivity index (χ2n) is 6.47. The Balaban J connectivity index is 1.81. The lowest BCUT2D eigenvalue weighted by Crippen LogP contribution is -2.51. The maximum Gasteiger partial charge on any atom is 0.262 e. The summed E-state index contributed by atoms with van der Waals surface area (Å²) in [5, 5.41) is 4.54. The quantitative estimate of drug-likeness (QED) is 0.791. The third kappa shape index (κ3) is 3.40. The van der Waals surface area contributed by atoms with Crippen molar-refractivity contribution in [2.75, 3.05) is 31.2 Å². The minimum absolute atomic E-state index is 0.283. The van der Waals surface area contributed by atoms with Crippen molar-refractivity contribution in [3.05, 3.63) is 50.3 Å². The first-order valence-corrected chi connectivity index (χ1v) is 10.0. The van der Waals surface area contributed by atoms with E-state index in [2.05, 4.69) is 10.2 Å². The maximum absolute atomic E-state index is 12.6. The molecule has 2 aliphatic heterocycles. The minimum Gasteiger partial charge on any atom is -0.378 e. The number of anilines is 1. The number of nitrogens with two attached hydrogens (primary N) is 1. The molecule has 2 amide bonds. The van der Waals surface area contributed by atoms with Crippen LogP contribution in [0.25, 0.3) is 0 Å². The Morgan fingerprint density at radius 1 is 1.22 bits per heavy atom. The molecule has 1 aromatic carbocycles. The summed E-state index contributed by atoms with van der Waals surface area (Å²) < 4.78 is 5.40. The zero-order valence-corrected chi connectivity index (χ0v) is 16.5. The molecule has 3 heterocycles. The van der Waals surface area contributed by atoms with E-state index in [0.29, 0.717) is 28.1 Å². The van der Waals surface area contributed by atoms with Gasteiger partial charge in [0.15, 0.2) is 0 Å². The van der Waals surface area contributed by atoms with Crippen molar-refractivity contribution in [2.24, 2.45) is 5.73 Å². The Bertz CT molecular complexity index is 911. The van der Waals surface area contributed by atoms with Crippen molar-refractivity contribution in [3.63, 3.8) is 0 Å². The van der Waals surface area contributed by atoms with Gasteiger partial charge in [0.05, 0.1) is 33.1 Å². The van der Waals surface area contributed by atoms with E-state index in [-0.39, 0.29) is 5.91 Å². The first-order valence-electron chi connectivity index (χ1n) is 8.47. The topological polar surface area (TPSA) is 84.7 Å². The van der Waals surface area contributed by atoms with Gasteiger partial charge in [-0.05, 0) is 29.3 Å². The molecular formula is C18H17Cl2N3O3S. The highest BCUT2D eigenvalue weighted by Crippen LogP contribution is 2.42. The van der Waals surface area contributed by atoms with Crippen LogP contribution < -0.4 is 16.0 Å². The highest BCUT2D eigenvalue weighted by atomic mass is 35.5. The molecular weight excluding hydrogens is 409 g/mol. The molecule has 9 heteroatoms. The van der Waals surface area contributed by atoms with Gasteiger partial charge in [0.25, 0.3) is 5.91 Å². The molecule has 1 saturated heterocycles. The predicted octanol–water partition coefficient (Wildman–Crippen LogP) is 2.62. The predicted molar refractivity (Wildman–Crippen MR) is 106 cm³/mol. The van der Waals surface area contributed by atoms with E-state index < -0.39 is 17.9 Å². The smallest absolute Gasteiger partial charge is 0.262 e. The number of primary amides is 1. The van der Waals surface area contributed by atoms with E-state index in [1.165, 1.54) is 11.3 Å². The Kier molecular flexibility index (Phi) is 5.03. The van der Waals surface area contributed by atoms with Gasteiger partial charge in [-0.1, -0.05) is 29.3 Å². The molecule has 2 aliphatic rings. The Morgan fingerprint density at radius 3 is 2.63 bits per heavy atom. The first-order chi connectivity index (χ1) is 13.0. The van der Waals surface area contributed by atoms with Gasteiger partial charge in [0, 0.05) is 19.0 Å². The van der Waals surface area contributed by atoms with Gasteiger partial charge in [-0.2, -0.15) is 0 Å². The van der Waals surface area contributed by atoms with Gasteiger partial charge in [-0.25, -0.2) is 0 Å². The summed E-state index contributed by atoms with van der Waals surface area (Å²) in [6.45, 7) is 2.82. The number of morpholine rings is 1. The van der Waals surface area contributed by atoms with Crippen LogP contribution in [0.1, 0.15) is 26.7 Å². The summed E-state index contributed by atoms with van der Waals surface area (Å²) in [6.07, 6.45) is 0. The molecule has 0 radical (unpaired) electrons. The van der Waals surface area contributed by atoms with E-state index >= 15 is 0 Å². The summed E-state index contributed by atoms with van der Waals surface area (Å²) in [4.78, 5) is 27.4.